The van der Waals surface area contributed by atoms with Crippen molar-refractivity contribution in [1.82, 2.24) is 0 Å². The third-order valence-corrected chi connectivity index (χ3v) is 8.77. The number of rotatable bonds is 14. The van der Waals surface area contributed by atoms with E-state index in [-0.39, 0.29) is 37.3 Å². The predicted octanol–water partition coefficient (Wildman–Crippen LogP) is 8.37. The molecule has 0 saturated carbocycles. The monoisotopic (exact) mass is 808 g/mol. The Hall–Kier alpha value is -5.40. The fourth-order valence-electron chi connectivity index (χ4n) is 4.57. The predicted molar refractivity (Wildman–Crippen MR) is 226 cm³/mol. The highest BCUT2D eigenvalue weighted by Crippen LogP contribution is 2.33. The highest BCUT2D eigenvalue weighted by Gasteiger charge is 2.32. The van der Waals surface area contributed by atoms with Crippen molar-refractivity contribution in [3.63, 3.8) is 0 Å². The number of hydrogen-bond acceptors (Lipinski definition) is 8. The molecule has 0 aliphatic carbocycles. The molecule has 0 bridgehead atoms. The van der Waals surface area contributed by atoms with Gasteiger partial charge in [-0.1, -0.05) is 127 Å². The lowest BCUT2D eigenvalue weighted by molar-refractivity contribution is 0.00496. The van der Waals surface area contributed by atoms with Gasteiger partial charge in [-0.25, -0.2) is 19.2 Å². The molecule has 12 nitrogen and oxygen atoms in total. The Morgan fingerprint density at radius 3 is 0.845 bits per heavy atom. The van der Waals surface area contributed by atoms with Crippen LogP contribution < -0.4 is 0 Å². The fourth-order valence-corrected chi connectivity index (χ4v) is 4.57. The van der Waals surface area contributed by atoms with Crippen LogP contribution in [0.5, 0.6) is 0 Å². The third kappa shape index (κ3) is 25.0. The van der Waals surface area contributed by atoms with Crippen LogP contribution in [0.4, 0.5) is 0 Å². The van der Waals surface area contributed by atoms with Gasteiger partial charge in [-0.05, 0) is 73.2 Å². The summed E-state index contributed by atoms with van der Waals surface area (Å²) in [6, 6.07) is 33.2. The van der Waals surface area contributed by atoms with Gasteiger partial charge in [-0.15, -0.1) is 0 Å². The molecule has 0 saturated heterocycles. The molecule has 0 aliphatic heterocycles. The standard InChI is InChI=1S/C11H24O2.4C7H6O2.C7H16O2/c1-9(2)5-6-11(7-12,8-13)10(3)4;4*8-7(9)6-4-2-1-3-5-6;1-3-4-7(2,5-8)6-9/h9-10,12-13H,5-8H2,1-4H3;4*1-5H,(H,8,9);8-9H,3-6H2,1-2H3. The molecule has 4 aromatic rings. The first-order chi connectivity index (χ1) is 27.4. The molecule has 4 rings (SSSR count). The number of benzene rings is 4. The zero-order valence-corrected chi connectivity index (χ0v) is 34.6. The van der Waals surface area contributed by atoms with Gasteiger partial charge < -0.3 is 40.9 Å². The van der Waals surface area contributed by atoms with Gasteiger partial charge in [0.2, 0.25) is 0 Å². The van der Waals surface area contributed by atoms with Crippen LogP contribution in [0.1, 0.15) is 109 Å². The SMILES string of the molecule is CC(C)CCC(CO)(CO)C(C)C.CCCC(C)(CO)CO.O=C(O)c1ccccc1.O=C(O)c1ccccc1.O=C(O)c1ccccc1.O=C(O)c1ccccc1. The van der Waals surface area contributed by atoms with Gasteiger partial charge in [0.1, 0.15) is 0 Å². The lowest BCUT2D eigenvalue weighted by atomic mass is 9.74. The number of hydrogen-bond donors (Lipinski definition) is 8. The van der Waals surface area contributed by atoms with Crippen molar-refractivity contribution in [1.29, 1.82) is 0 Å². The van der Waals surface area contributed by atoms with Crippen LogP contribution in [0.3, 0.4) is 0 Å². The second-order valence-corrected chi connectivity index (χ2v) is 14.3. The highest BCUT2D eigenvalue weighted by atomic mass is 16.4. The molecular weight excluding hydrogens is 744 g/mol. The van der Waals surface area contributed by atoms with E-state index in [4.69, 9.17) is 30.6 Å². The van der Waals surface area contributed by atoms with Crippen LogP contribution in [0.15, 0.2) is 121 Å². The van der Waals surface area contributed by atoms with E-state index in [0.717, 1.165) is 25.7 Å². The van der Waals surface area contributed by atoms with Crippen molar-refractivity contribution in [3.05, 3.63) is 144 Å². The molecule has 8 N–H and O–H groups in total. The number of carbonyl (C=O) groups is 4. The van der Waals surface area contributed by atoms with Gasteiger partial charge in [0.25, 0.3) is 0 Å². The van der Waals surface area contributed by atoms with Crippen LogP contribution in [-0.2, 0) is 0 Å². The van der Waals surface area contributed by atoms with Crippen molar-refractivity contribution >= 4 is 23.9 Å². The second kappa shape index (κ2) is 31.7. The molecule has 0 unspecified atom stereocenters. The first kappa shape index (κ1) is 54.7. The zero-order valence-electron chi connectivity index (χ0n) is 34.6. The van der Waals surface area contributed by atoms with E-state index in [1.54, 1.807) is 121 Å². The minimum absolute atomic E-state index is 0.0807. The summed E-state index contributed by atoms with van der Waals surface area (Å²) in [6.07, 6.45) is 3.88. The molecule has 320 valence electrons. The maximum Gasteiger partial charge on any atom is 0.335 e. The van der Waals surface area contributed by atoms with Gasteiger partial charge in [0.15, 0.2) is 0 Å². The van der Waals surface area contributed by atoms with E-state index in [1.807, 2.05) is 13.8 Å². The number of aliphatic hydroxyl groups is 4. The van der Waals surface area contributed by atoms with Gasteiger partial charge >= 0.3 is 23.9 Å². The van der Waals surface area contributed by atoms with Gasteiger partial charge in [-0.3, -0.25) is 0 Å². The minimum Gasteiger partial charge on any atom is -0.478 e. The van der Waals surface area contributed by atoms with Gasteiger partial charge in [0.05, 0.1) is 48.7 Å². The van der Waals surface area contributed by atoms with Gasteiger partial charge in [-0.2, -0.15) is 0 Å². The summed E-state index contributed by atoms with van der Waals surface area (Å²) in [6.45, 7) is 12.7. The van der Waals surface area contributed by atoms with Gasteiger partial charge in [0, 0.05) is 10.8 Å². The Bertz CT molecular complexity index is 1440. The van der Waals surface area contributed by atoms with E-state index in [2.05, 4.69) is 27.7 Å². The number of aliphatic hydroxyl groups excluding tert-OH is 4. The minimum atomic E-state index is -0.879. The van der Waals surface area contributed by atoms with E-state index >= 15 is 0 Å². The van der Waals surface area contributed by atoms with E-state index in [9.17, 15) is 29.4 Å². The number of carboxylic acid groups (broad SMARTS) is 4. The molecule has 0 aromatic heterocycles. The zero-order chi connectivity index (χ0) is 44.6. The van der Waals surface area contributed by atoms with Crippen molar-refractivity contribution in [2.24, 2.45) is 22.7 Å². The molecule has 12 heteroatoms. The Balaban J connectivity index is 0. The van der Waals surface area contributed by atoms with Crippen LogP contribution in [0, 0.1) is 22.7 Å². The molecule has 0 heterocycles. The normalized spacial score (nSPS) is 10.3. The molecule has 0 fully saturated rings. The number of aromatic carboxylic acids is 4. The number of carboxylic acids is 4. The summed E-state index contributed by atoms with van der Waals surface area (Å²) in [5.74, 6) is -2.55. The molecule has 58 heavy (non-hydrogen) atoms. The van der Waals surface area contributed by atoms with Crippen LogP contribution >= 0.6 is 0 Å². The average Bonchev–Trinajstić information content (AvgIpc) is 3.23. The Labute approximate surface area is 343 Å². The van der Waals surface area contributed by atoms with Crippen molar-refractivity contribution in [2.75, 3.05) is 26.4 Å². The molecule has 0 amide bonds. The molecular formula is C46H64O12. The second-order valence-electron chi connectivity index (χ2n) is 14.3. The Morgan fingerprint density at radius 1 is 0.466 bits per heavy atom. The summed E-state index contributed by atoms with van der Waals surface area (Å²) in [5.41, 5.74) is 0.795. The summed E-state index contributed by atoms with van der Waals surface area (Å²) in [7, 11) is 0. The molecule has 0 radical (unpaired) electrons. The fraction of sp³-hybridized carbons (Fsp3) is 0.391. The summed E-state index contributed by atoms with van der Waals surface area (Å²) < 4.78 is 0. The smallest absolute Gasteiger partial charge is 0.335 e. The van der Waals surface area contributed by atoms with E-state index in [1.165, 1.54) is 0 Å². The third-order valence-electron chi connectivity index (χ3n) is 8.77. The summed E-state index contributed by atoms with van der Waals surface area (Å²) in [5, 5.41) is 69.7. The highest BCUT2D eigenvalue weighted by molar-refractivity contribution is 5.88. The summed E-state index contributed by atoms with van der Waals surface area (Å²) in [4.78, 5) is 40.8. The molecule has 0 aliphatic rings. The van der Waals surface area contributed by atoms with Crippen LogP contribution in [0.25, 0.3) is 0 Å². The van der Waals surface area contributed by atoms with E-state index < -0.39 is 23.9 Å². The molecule has 0 spiro atoms. The maximum absolute atomic E-state index is 10.2. The summed E-state index contributed by atoms with van der Waals surface area (Å²) >= 11 is 0. The average molecular weight is 809 g/mol. The van der Waals surface area contributed by atoms with Crippen molar-refractivity contribution in [2.45, 2.75) is 67.2 Å². The quantitative estimate of drug-likeness (QED) is 0.0601. The maximum atomic E-state index is 10.2. The molecule has 4 aromatic carbocycles. The Morgan fingerprint density at radius 2 is 0.724 bits per heavy atom. The van der Waals surface area contributed by atoms with E-state index in [0.29, 0.717) is 34.1 Å². The Kier molecular flexibility index (Phi) is 29.9. The van der Waals surface area contributed by atoms with Crippen molar-refractivity contribution < 1.29 is 60.0 Å². The topological polar surface area (TPSA) is 230 Å². The van der Waals surface area contributed by atoms with Crippen LogP contribution in [0.2, 0.25) is 0 Å². The largest absolute Gasteiger partial charge is 0.478 e. The lowest BCUT2D eigenvalue weighted by Gasteiger charge is -2.34. The first-order valence-electron chi connectivity index (χ1n) is 19.0. The lowest BCUT2D eigenvalue weighted by Crippen LogP contribution is -2.35. The van der Waals surface area contributed by atoms with Crippen molar-refractivity contribution in [3.8, 4) is 0 Å². The molecule has 0 atom stereocenters. The van der Waals surface area contributed by atoms with Crippen LogP contribution in [-0.4, -0.2) is 91.2 Å². The first-order valence-corrected chi connectivity index (χ1v) is 19.0.